The van der Waals surface area contributed by atoms with Crippen LogP contribution in [0.2, 0.25) is 0 Å². The Hall–Kier alpha value is -1.59. The van der Waals surface area contributed by atoms with Crippen LogP contribution in [0.1, 0.15) is 19.4 Å². The SMILES string of the molecule is CC(=O)[NH+]([O-])N=C(C)c1ccncc1. The van der Waals surface area contributed by atoms with E-state index in [1.807, 2.05) is 0 Å². The lowest BCUT2D eigenvalue weighted by atomic mass is 10.2. The lowest BCUT2D eigenvalue weighted by Gasteiger charge is -2.10. The smallest absolute Gasteiger partial charge is 0.335 e. The van der Waals surface area contributed by atoms with Gasteiger partial charge >= 0.3 is 5.91 Å². The molecule has 74 valence electrons. The highest BCUT2D eigenvalue weighted by atomic mass is 16.5. The van der Waals surface area contributed by atoms with Crippen molar-refractivity contribution in [3.8, 4) is 0 Å². The Labute approximate surface area is 81.6 Å². The molecule has 1 rings (SSSR count). The first-order chi connectivity index (χ1) is 6.61. The number of hydroxylamine groups is 1. The summed E-state index contributed by atoms with van der Waals surface area (Å²) < 4.78 is 0. The number of hydrogen-bond acceptors (Lipinski definition) is 4. The number of quaternary nitrogens is 1. The van der Waals surface area contributed by atoms with Crippen molar-refractivity contribution in [3.63, 3.8) is 0 Å². The first kappa shape index (κ1) is 10.5. The lowest BCUT2D eigenvalue weighted by Crippen LogP contribution is -3.05. The van der Waals surface area contributed by atoms with Gasteiger partial charge in [-0.15, -0.1) is 0 Å². The number of nitrogens with zero attached hydrogens (tertiary/aromatic N) is 2. The standard InChI is InChI=1S/C9H11N3O2/c1-7(11-12(14)8(2)13)9-3-5-10-6-4-9/h3-6,12H,1-2H3. The normalized spacial score (nSPS) is 13.8. The highest BCUT2D eigenvalue weighted by molar-refractivity contribution is 5.98. The minimum absolute atomic E-state index is 0.521. The average Bonchev–Trinajstić information content (AvgIpc) is 2.19. The van der Waals surface area contributed by atoms with E-state index in [0.29, 0.717) is 5.71 Å². The van der Waals surface area contributed by atoms with Gasteiger partial charge in [0.05, 0.1) is 6.92 Å². The van der Waals surface area contributed by atoms with Gasteiger partial charge in [-0.2, -0.15) is 5.17 Å². The maximum absolute atomic E-state index is 11.0. The number of pyridine rings is 1. The molecule has 0 bridgehead atoms. The van der Waals surface area contributed by atoms with Crippen molar-refractivity contribution >= 4 is 11.6 Å². The van der Waals surface area contributed by atoms with Crippen molar-refractivity contribution in [1.82, 2.24) is 4.98 Å². The van der Waals surface area contributed by atoms with Crippen molar-refractivity contribution in [2.75, 3.05) is 0 Å². The number of carbonyl (C=O) groups excluding carboxylic acids is 1. The van der Waals surface area contributed by atoms with Crippen LogP contribution in [-0.4, -0.2) is 16.6 Å². The Morgan fingerprint density at radius 3 is 2.50 bits per heavy atom. The molecular formula is C9H11N3O2. The van der Waals surface area contributed by atoms with Crippen LogP contribution in [0.3, 0.4) is 0 Å². The monoisotopic (exact) mass is 193 g/mol. The molecule has 0 spiro atoms. The number of aromatic nitrogens is 1. The molecule has 0 aliphatic heterocycles. The van der Waals surface area contributed by atoms with E-state index in [1.165, 1.54) is 6.92 Å². The largest absolute Gasteiger partial charge is 0.599 e. The molecule has 1 unspecified atom stereocenters. The summed E-state index contributed by atoms with van der Waals surface area (Å²) in [5, 5.41) is 13.9. The van der Waals surface area contributed by atoms with Crippen LogP contribution in [0, 0.1) is 5.21 Å². The van der Waals surface area contributed by atoms with E-state index in [9.17, 15) is 10.0 Å². The van der Waals surface area contributed by atoms with Crippen molar-refractivity contribution in [2.24, 2.45) is 5.10 Å². The van der Waals surface area contributed by atoms with E-state index in [-0.39, 0.29) is 0 Å². The minimum Gasteiger partial charge on any atom is -0.599 e. The molecule has 0 aliphatic rings. The molecule has 1 amide bonds. The molecule has 0 saturated carbocycles. The number of amides is 1. The summed E-state index contributed by atoms with van der Waals surface area (Å²) in [5.74, 6) is -0.557. The van der Waals surface area contributed by atoms with E-state index in [0.717, 1.165) is 5.56 Å². The van der Waals surface area contributed by atoms with Gasteiger partial charge in [-0.3, -0.25) is 4.98 Å². The topological polar surface area (TPSA) is 69.8 Å². The lowest BCUT2D eigenvalue weighted by molar-refractivity contribution is -0.771. The van der Waals surface area contributed by atoms with Crippen LogP contribution in [0.4, 0.5) is 0 Å². The zero-order valence-electron chi connectivity index (χ0n) is 8.02. The van der Waals surface area contributed by atoms with Gasteiger partial charge < -0.3 is 5.21 Å². The summed E-state index contributed by atoms with van der Waals surface area (Å²) in [5.41, 5.74) is 1.31. The molecule has 1 aromatic heterocycles. The second-order valence-electron chi connectivity index (χ2n) is 2.79. The van der Waals surface area contributed by atoms with Crippen molar-refractivity contribution in [1.29, 1.82) is 0 Å². The molecule has 14 heavy (non-hydrogen) atoms. The molecule has 1 heterocycles. The minimum atomic E-state index is -0.723. The molecule has 5 heteroatoms. The van der Waals surface area contributed by atoms with Crippen LogP contribution >= 0.6 is 0 Å². The fourth-order valence-electron chi connectivity index (χ4n) is 0.889. The summed E-state index contributed by atoms with van der Waals surface area (Å²) in [6.45, 7) is 2.88. The summed E-state index contributed by atoms with van der Waals surface area (Å²) in [7, 11) is 0. The first-order valence-corrected chi connectivity index (χ1v) is 4.12. The molecule has 0 aliphatic carbocycles. The van der Waals surface area contributed by atoms with Crippen LogP contribution in [0.15, 0.2) is 29.6 Å². The van der Waals surface area contributed by atoms with E-state index in [4.69, 9.17) is 0 Å². The summed E-state index contributed by atoms with van der Waals surface area (Å²) in [6.07, 6.45) is 3.21. The van der Waals surface area contributed by atoms with Crippen molar-refractivity contribution in [2.45, 2.75) is 13.8 Å². The third-order valence-corrected chi connectivity index (χ3v) is 1.67. The van der Waals surface area contributed by atoms with E-state index >= 15 is 0 Å². The van der Waals surface area contributed by atoms with Crippen LogP contribution < -0.4 is 5.17 Å². The molecule has 0 fully saturated rings. The van der Waals surface area contributed by atoms with Gasteiger partial charge in [0.2, 0.25) is 0 Å². The van der Waals surface area contributed by atoms with Crippen LogP contribution in [-0.2, 0) is 4.79 Å². The highest BCUT2D eigenvalue weighted by Crippen LogP contribution is 1.96. The molecule has 5 nitrogen and oxygen atoms in total. The molecule has 0 radical (unpaired) electrons. The van der Waals surface area contributed by atoms with Gasteiger partial charge in [-0.1, -0.05) is 5.10 Å². The highest BCUT2D eigenvalue weighted by Gasteiger charge is 2.04. The van der Waals surface area contributed by atoms with Gasteiger partial charge in [0.25, 0.3) is 0 Å². The number of carbonyl (C=O) groups is 1. The Morgan fingerprint density at radius 2 is 2.00 bits per heavy atom. The molecule has 1 aromatic rings. The van der Waals surface area contributed by atoms with Gasteiger partial charge in [0, 0.05) is 18.0 Å². The third-order valence-electron chi connectivity index (χ3n) is 1.67. The van der Waals surface area contributed by atoms with E-state index < -0.39 is 11.1 Å². The third kappa shape index (κ3) is 2.72. The molecule has 0 aromatic carbocycles. The number of nitrogens with one attached hydrogen (secondary N) is 1. The molecule has 0 saturated heterocycles. The van der Waals surface area contributed by atoms with Gasteiger partial charge in [-0.25, -0.2) is 4.79 Å². The summed E-state index contributed by atoms with van der Waals surface area (Å²) in [4.78, 5) is 14.5. The Kier molecular flexibility index (Phi) is 3.44. The Morgan fingerprint density at radius 1 is 1.43 bits per heavy atom. The van der Waals surface area contributed by atoms with Gasteiger partial charge in [-0.05, 0) is 19.1 Å². The fourth-order valence-corrected chi connectivity index (χ4v) is 0.889. The first-order valence-electron chi connectivity index (χ1n) is 4.12. The average molecular weight is 193 g/mol. The maximum atomic E-state index is 11.0. The van der Waals surface area contributed by atoms with Crippen LogP contribution in [0.25, 0.3) is 0 Å². The summed E-state index contributed by atoms with van der Waals surface area (Å²) >= 11 is 0. The number of rotatable bonds is 2. The van der Waals surface area contributed by atoms with Gasteiger partial charge in [0.1, 0.15) is 5.71 Å². The second kappa shape index (κ2) is 4.59. The summed E-state index contributed by atoms with van der Waals surface area (Å²) in [6, 6.07) is 3.46. The predicted octanol–water partition coefficient (Wildman–Crippen LogP) is -0.265. The van der Waals surface area contributed by atoms with E-state index in [2.05, 4.69) is 10.1 Å². The fraction of sp³-hybridized carbons (Fsp3) is 0.222. The van der Waals surface area contributed by atoms with Crippen molar-refractivity contribution in [3.05, 3.63) is 35.3 Å². The molecular weight excluding hydrogens is 182 g/mol. The van der Waals surface area contributed by atoms with Gasteiger partial charge in [0.15, 0.2) is 0 Å². The maximum Gasteiger partial charge on any atom is 0.335 e. The number of hydrogen-bond donors (Lipinski definition) is 1. The second-order valence-corrected chi connectivity index (χ2v) is 2.79. The molecule has 1 atom stereocenters. The van der Waals surface area contributed by atoms with E-state index in [1.54, 1.807) is 31.5 Å². The Bertz CT molecular complexity index is 348. The Balaban J connectivity index is 2.85. The van der Waals surface area contributed by atoms with Crippen molar-refractivity contribution < 1.29 is 9.97 Å². The quantitative estimate of drug-likeness (QED) is 0.519. The zero-order valence-corrected chi connectivity index (χ0v) is 8.02. The predicted molar refractivity (Wildman–Crippen MR) is 51.5 cm³/mol. The van der Waals surface area contributed by atoms with Crippen LogP contribution in [0.5, 0.6) is 0 Å². The molecule has 1 N–H and O–H groups in total. The zero-order chi connectivity index (χ0) is 10.6.